The van der Waals surface area contributed by atoms with Crippen molar-refractivity contribution in [2.45, 2.75) is 38.5 Å². The Morgan fingerprint density at radius 3 is 2.26 bits per heavy atom. The zero-order valence-electron chi connectivity index (χ0n) is 13.8. The predicted octanol–water partition coefficient (Wildman–Crippen LogP) is 4.76. The van der Waals surface area contributed by atoms with Gasteiger partial charge in [0.1, 0.15) is 0 Å². The Morgan fingerprint density at radius 2 is 1.61 bits per heavy atom. The van der Waals surface area contributed by atoms with Crippen molar-refractivity contribution in [1.29, 1.82) is 0 Å². The number of benzene rings is 2. The molecule has 1 unspecified atom stereocenters. The fraction of sp³-hybridized carbons (Fsp3) is 0.381. The highest BCUT2D eigenvalue weighted by Gasteiger charge is 2.22. The van der Waals surface area contributed by atoms with E-state index in [1.54, 1.807) is 0 Å². The van der Waals surface area contributed by atoms with Gasteiger partial charge in [-0.05, 0) is 35.4 Å². The first-order valence-electron chi connectivity index (χ1n) is 8.67. The summed E-state index contributed by atoms with van der Waals surface area (Å²) >= 11 is 0. The van der Waals surface area contributed by atoms with Crippen LogP contribution in [0.15, 0.2) is 54.6 Å². The molecule has 0 heterocycles. The Hall–Kier alpha value is -2.09. The van der Waals surface area contributed by atoms with Crippen LogP contribution in [0.1, 0.15) is 44.1 Å². The van der Waals surface area contributed by atoms with Gasteiger partial charge in [0, 0.05) is 12.5 Å². The second-order valence-electron chi connectivity index (χ2n) is 6.62. The maximum absolute atomic E-state index is 12.1. The summed E-state index contributed by atoms with van der Waals surface area (Å²) in [5, 5.41) is 3.13. The van der Waals surface area contributed by atoms with Crippen LogP contribution in [-0.2, 0) is 4.79 Å². The third-order valence-corrected chi connectivity index (χ3v) is 4.90. The number of rotatable bonds is 5. The van der Waals surface area contributed by atoms with Gasteiger partial charge in [0.2, 0.25) is 5.91 Å². The first-order chi connectivity index (χ1) is 11.2. The molecule has 3 rings (SSSR count). The van der Waals surface area contributed by atoms with Crippen molar-refractivity contribution in [3.63, 3.8) is 0 Å². The van der Waals surface area contributed by atoms with E-state index in [2.05, 4.69) is 60.8 Å². The Labute approximate surface area is 138 Å². The van der Waals surface area contributed by atoms with Crippen LogP contribution in [0, 0.1) is 5.92 Å². The fourth-order valence-electron chi connectivity index (χ4n) is 3.34. The van der Waals surface area contributed by atoms with E-state index >= 15 is 0 Å². The highest BCUT2D eigenvalue weighted by Crippen LogP contribution is 2.25. The molecule has 0 aromatic heterocycles. The molecule has 120 valence electrons. The molecular formula is C21H25NO. The monoisotopic (exact) mass is 307 g/mol. The topological polar surface area (TPSA) is 29.1 Å². The van der Waals surface area contributed by atoms with Crippen molar-refractivity contribution in [1.82, 2.24) is 5.32 Å². The van der Waals surface area contributed by atoms with E-state index in [0.29, 0.717) is 5.92 Å². The van der Waals surface area contributed by atoms with E-state index in [1.165, 1.54) is 29.5 Å². The third-order valence-electron chi connectivity index (χ3n) is 4.90. The number of amides is 1. The van der Waals surface area contributed by atoms with E-state index in [9.17, 15) is 4.79 Å². The Kier molecular flexibility index (Phi) is 5.12. The summed E-state index contributed by atoms with van der Waals surface area (Å²) in [6.45, 7) is 2.90. The van der Waals surface area contributed by atoms with Gasteiger partial charge in [-0.25, -0.2) is 0 Å². The van der Waals surface area contributed by atoms with Gasteiger partial charge in [0.05, 0.1) is 0 Å². The van der Waals surface area contributed by atoms with Crippen LogP contribution in [0.2, 0.25) is 0 Å². The van der Waals surface area contributed by atoms with Gasteiger partial charge < -0.3 is 5.32 Å². The van der Waals surface area contributed by atoms with Crippen molar-refractivity contribution >= 4 is 5.91 Å². The number of carbonyl (C=O) groups is 1. The minimum atomic E-state index is 0.246. The lowest BCUT2D eigenvalue weighted by Gasteiger charge is -2.16. The van der Waals surface area contributed by atoms with Gasteiger partial charge in [-0.1, -0.05) is 74.4 Å². The zero-order chi connectivity index (χ0) is 16.1. The predicted molar refractivity (Wildman–Crippen MR) is 95.3 cm³/mol. The molecule has 1 atom stereocenters. The molecule has 2 aromatic carbocycles. The molecule has 1 saturated carbocycles. The van der Waals surface area contributed by atoms with Crippen molar-refractivity contribution in [3.8, 4) is 11.1 Å². The molecule has 0 spiro atoms. The lowest BCUT2D eigenvalue weighted by Crippen LogP contribution is -2.32. The minimum absolute atomic E-state index is 0.246. The second-order valence-corrected chi connectivity index (χ2v) is 6.62. The van der Waals surface area contributed by atoms with Crippen molar-refractivity contribution in [2.24, 2.45) is 5.92 Å². The van der Waals surface area contributed by atoms with Crippen LogP contribution in [-0.4, -0.2) is 12.5 Å². The van der Waals surface area contributed by atoms with Gasteiger partial charge in [0.15, 0.2) is 0 Å². The summed E-state index contributed by atoms with van der Waals surface area (Å²) in [4.78, 5) is 12.1. The van der Waals surface area contributed by atoms with Crippen LogP contribution < -0.4 is 5.32 Å². The molecule has 1 aliphatic rings. The van der Waals surface area contributed by atoms with Crippen molar-refractivity contribution in [3.05, 3.63) is 60.2 Å². The largest absolute Gasteiger partial charge is 0.355 e. The molecule has 2 nitrogen and oxygen atoms in total. The van der Waals surface area contributed by atoms with Crippen molar-refractivity contribution in [2.75, 3.05) is 6.54 Å². The number of hydrogen-bond acceptors (Lipinski definition) is 1. The number of nitrogens with one attached hydrogen (secondary N) is 1. The molecule has 0 saturated heterocycles. The fourth-order valence-corrected chi connectivity index (χ4v) is 3.34. The number of carbonyl (C=O) groups excluding carboxylic acids is 1. The van der Waals surface area contributed by atoms with E-state index < -0.39 is 0 Å². The van der Waals surface area contributed by atoms with Crippen LogP contribution in [0.5, 0.6) is 0 Å². The van der Waals surface area contributed by atoms with Gasteiger partial charge in [-0.3, -0.25) is 4.79 Å². The van der Waals surface area contributed by atoms with Gasteiger partial charge in [-0.15, -0.1) is 0 Å². The lowest BCUT2D eigenvalue weighted by atomic mass is 9.97. The molecule has 23 heavy (non-hydrogen) atoms. The van der Waals surface area contributed by atoms with Gasteiger partial charge in [-0.2, -0.15) is 0 Å². The van der Waals surface area contributed by atoms with Crippen LogP contribution in [0.25, 0.3) is 11.1 Å². The maximum Gasteiger partial charge on any atom is 0.223 e. The Morgan fingerprint density at radius 1 is 1.00 bits per heavy atom. The van der Waals surface area contributed by atoms with Crippen molar-refractivity contribution < 1.29 is 4.79 Å². The molecule has 0 aliphatic heterocycles. The molecular weight excluding hydrogens is 282 g/mol. The van der Waals surface area contributed by atoms with E-state index in [1.807, 2.05) is 6.07 Å². The van der Waals surface area contributed by atoms with E-state index in [0.717, 1.165) is 19.4 Å². The second kappa shape index (κ2) is 7.45. The zero-order valence-corrected chi connectivity index (χ0v) is 13.8. The third kappa shape index (κ3) is 4.01. The molecule has 1 aliphatic carbocycles. The van der Waals surface area contributed by atoms with E-state index in [4.69, 9.17) is 0 Å². The highest BCUT2D eigenvalue weighted by molar-refractivity contribution is 5.78. The Balaban J connectivity index is 1.57. The molecule has 0 radical (unpaired) electrons. The molecule has 1 amide bonds. The molecule has 0 bridgehead atoms. The average Bonchev–Trinajstić information content (AvgIpc) is 3.15. The van der Waals surface area contributed by atoms with Crippen LogP contribution in [0.4, 0.5) is 0 Å². The first kappa shape index (κ1) is 15.8. The van der Waals surface area contributed by atoms with Gasteiger partial charge >= 0.3 is 0 Å². The standard InChI is InChI=1S/C21H25NO/c1-16(15-22-21(23)20-9-5-6-10-20)17-11-13-19(14-12-17)18-7-3-2-4-8-18/h2-4,7-8,11-14,16,20H,5-6,9-10,15H2,1H3,(H,22,23). The first-order valence-corrected chi connectivity index (χ1v) is 8.67. The Bertz CT molecular complexity index is 627. The van der Waals surface area contributed by atoms with E-state index in [-0.39, 0.29) is 11.8 Å². The smallest absolute Gasteiger partial charge is 0.223 e. The molecule has 2 heteroatoms. The number of hydrogen-bond donors (Lipinski definition) is 1. The SMILES string of the molecule is CC(CNC(=O)C1CCCC1)c1ccc(-c2ccccc2)cc1. The maximum atomic E-state index is 12.1. The lowest BCUT2D eigenvalue weighted by molar-refractivity contribution is -0.124. The summed E-state index contributed by atoms with van der Waals surface area (Å²) in [6.07, 6.45) is 4.53. The normalized spacial score (nSPS) is 16.2. The summed E-state index contributed by atoms with van der Waals surface area (Å²) in [6, 6.07) is 19.1. The average molecular weight is 307 g/mol. The summed E-state index contributed by atoms with van der Waals surface area (Å²) in [7, 11) is 0. The quantitative estimate of drug-likeness (QED) is 0.847. The highest BCUT2D eigenvalue weighted by atomic mass is 16.1. The summed E-state index contributed by atoms with van der Waals surface area (Å²) in [5.41, 5.74) is 3.74. The molecule has 1 fully saturated rings. The van der Waals surface area contributed by atoms with Gasteiger partial charge in [0.25, 0.3) is 0 Å². The molecule has 1 N–H and O–H groups in total. The molecule has 2 aromatic rings. The minimum Gasteiger partial charge on any atom is -0.355 e. The van der Waals surface area contributed by atoms with Crippen LogP contribution >= 0.6 is 0 Å². The van der Waals surface area contributed by atoms with Crippen LogP contribution in [0.3, 0.4) is 0 Å². The summed E-state index contributed by atoms with van der Waals surface area (Å²) < 4.78 is 0. The summed E-state index contributed by atoms with van der Waals surface area (Å²) in [5.74, 6) is 0.836.